The van der Waals surface area contributed by atoms with Gasteiger partial charge < -0.3 is 44.5 Å². The fourth-order valence-electron chi connectivity index (χ4n) is 3.64. The highest BCUT2D eigenvalue weighted by Gasteiger charge is 2.37. The molecule has 0 aliphatic carbocycles. The topological polar surface area (TPSA) is 193 Å². The number of unbranched alkanes of at least 4 members (excludes halogenated alkanes) is 2. The monoisotopic (exact) mass is 569 g/mol. The summed E-state index contributed by atoms with van der Waals surface area (Å²) in [6.45, 7) is -2.16. The summed E-state index contributed by atoms with van der Waals surface area (Å²) in [4.78, 5) is 37.4. The number of aliphatic hydroxyl groups excluding tert-OH is 5. The smallest absolute Gasteiger partial charge is 0.242 e. The molecule has 2 amide bonds. The van der Waals surface area contributed by atoms with Crippen LogP contribution in [0.15, 0.2) is 0 Å². The molecular weight excluding hydrogens is 526 g/mol. The Bertz CT molecular complexity index is 681. The van der Waals surface area contributed by atoms with Crippen LogP contribution in [0, 0.1) is 0 Å². The van der Waals surface area contributed by atoms with Gasteiger partial charge in [0.2, 0.25) is 11.8 Å². The molecule has 0 spiro atoms. The number of imide groups is 1. The van der Waals surface area contributed by atoms with Crippen molar-refractivity contribution in [1.29, 1.82) is 0 Å². The van der Waals surface area contributed by atoms with Crippen LogP contribution in [-0.2, 0) is 33.3 Å². The summed E-state index contributed by atoms with van der Waals surface area (Å²) in [5.74, 6) is -0.197. The number of rotatable bonds is 24. The molecule has 4 unspecified atom stereocenters. The second-order valence-corrected chi connectivity index (χ2v) is 9.80. The average Bonchev–Trinajstić information content (AvgIpc) is 3.21. The molecule has 0 aromatic rings. The van der Waals surface area contributed by atoms with Crippen LogP contribution in [0.5, 0.6) is 0 Å². The summed E-state index contributed by atoms with van der Waals surface area (Å²) in [6, 6.07) is 0. The van der Waals surface area contributed by atoms with E-state index in [1.165, 1.54) is 16.7 Å². The summed E-state index contributed by atoms with van der Waals surface area (Å²) in [5.41, 5.74) is 0. The number of ether oxygens (including phenoxy) is 4. The number of Topliss-reactive ketones (excluding diaryl/α,β-unsaturated/α-hetero) is 1. The Morgan fingerprint density at radius 3 is 2.05 bits per heavy atom. The molecule has 1 aliphatic rings. The number of nitrogens with zero attached hydrogens (tertiary/aromatic N) is 1. The summed E-state index contributed by atoms with van der Waals surface area (Å²) < 4.78 is 21.3. The molecular formula is C24H43NO12S. The van der Waals surface area contributed by atoms with Crippen molar-refractivity contribution >= 4 is 29.4 Å². The minimum Gasteiger partial charge on any atom is -0.394 e. The van der Waals surface area contributed by atoms with Crippen molar-refractivity contribution in [3.63, 3.8) is 0 Å². The molecule has 38 heavy (non-hydrogen) atoms. The van der Waals surface area contributed by atoms with Crippen LogP contribution in [0.2, 0.25) is 0 Å². The van der Waals surface area contributed by atoms with Gasteiger partial charge in [-0.1, -0.05) is 6.42 Å². The van der Waals surface area contributed by atoms with E-state index in [1.54, 1.807) is 0 Å². The molecule has 222 valence electrons. The van der Waals surface area contributed by atoms with Crippen molar-refractivity contribution < 1.29 is 58.9 Å². The first kappa shape index (κ1) is 34.8. The van der Waals surface area contributed by atoms with Gasteiger partial charge in [-0.2, -0.15) is 11.8 Å². The molecule has 1 saturated heterocycles. The second kappa shape index (κ2) is 20.7. The Labute approximate surface area is 227 Å². The average molecular weight is 570 g/mol. The van der Waals surface area contributed by atoms with Gasteiger partial charge in [-0.05, 0) is 25.5 Å². The number of carbonyl (C=O) groups is 3. The lowest BCUT2D eigenvalue weighted by Gasteiger charge is -2.25. The third kappa shape index (κ3) is 13.2. The van der Waals surface area contributed by atoms with Crippen LogP contribution in [0.3, 0.4) is 0 Å². The van der Waals surface area contributed by atoms with Gasteiger partial charge in [-0.15, -0.1) is 0 Å². The molecule has 0 bridgehead atoms. The normalized spacial score (nSPS) is 18.4. The fourth-order valence-corrected chi connectivity index (χ4v) is 4.28. The van der Waals surface area contributed by atoms with Gasteiger partial charge in [-0.3, -0.25) is 19.3 Å². The first-order valence-corrected chi connectivity index (χ1v) is 14.1. The predicted octanol–water partition coefficient (Wildman–Crippen LogP) is -1.20. The van der Waals surface area contributed by atoms with Crippen LogP contribution in [0.25, 0.3) is 0 Å². The zero-order chi connectivity index (χ0) is 28.3. The number of thioether (sulfide) groups is 1. The molecule has 4 atom stereocenters. The van der Waals surface area contributed by atoms with Gasteiger partial charge >= 0.3 is 0 Å². The highest BCUT2D eigenvalue weighted by molar-refractivity contribution is 8.00. The Kier molecular flexibility index (Phi) is 18.9. The number of ketones is 1. The first-order valence-electron chi connectivity index (χ1n) is 12.8. The summed E-state index contributed by atoms with van der Waals surface area (Å²) in [6.07, 6.45) is 1.15. The number of hydrogen-bond donors (Lipinski definition) is 5. The van der Waals surface area contributed by atoms with E-state index in [9.17, 15) is 29.7 Å². The van der Waals surface area contributed by atoms with E-state index in [0.717, 1.165) is 6.42 Å². The largest absolute Gasteiger partial charge is 0.394 e. The standard InChI is InChI=1S/C24H43NO12S/c1-38-20-10-21(32)25(24(20)33)8-4-2-3-6-17(31)7-5-9-34-22(14-29)37-19(13-28)16-35-23(15-30)36-18(11-26)12-27/h18-20,22-23,26-30H,2-16H2,1H3. The highest BCUT2D eigenvalue weighted by atomic mass is 32.2. The first-order chi connectivity index (χ1) is 18.3. The van der Waals surface area contributed by atoms with Crippen LogP contribution < -0.4 is 0 Å². The number of likely N-dealkylation sites (tertiary alicyclic amines) is 1. The Balaban J connectivity index is 2.20. The van der Waals surface area contributed by atoms with Crippen LogP contribution >= 0.6 is 11.8 Å². The minimum atomic E-state index is -1.16. The highest BCUT2D eigenvalue weighted by Crippen LogP contribution is 2.23. The molecule has 14 heteroatoms. The van der Waals surface area contributed by atoms with Crippen molar-refractivity contribution in [3.8, 4) is 0 Å². The third-order valence-electron chi connectivity index (χ3n) is 5.79. The van der Waals surface area contributed by atoms with E-state index in [0.29, 0.717) is 32.2 Å². The van der Waals surface area contributed by atoms with Crippen LogP contribution in [0.1, 0.15) is 44.9 Å². The molecule has 5 N–H and O–H groups in total. The van der Waals surface area contributed by atoms with E-state index in [2.05, 4.69) is 0 Å². The van der Waals surface area contributed by atoms with Crippen molar-refractivity contribution in [2.45, 2.75) is 75.0 Å². The zero-order valence-corrected chi connectivity index (χ0v) is 22.8. The summed E-state index contributed by atoms with van der Waals surface area (Å²) in [7, 11) is 0. The van der Waals surface area contributed by atoms with Crippen LogP contribution in [0.4, 0.5) is 0 Å². The molecule has 1 fully saturated rings. The van der Waals surface area contributed by atoms with Gasteiger partial charge in [0.25, 0.3) is 0 Å². The number of hydrogen-bond acceptors (Lipinski definition) is 13. The Morgan fingerprint density at radius 1 is 0.868 bits per heavy atom. The lowest BCUT2D eigenvalue weighted by atomic mass is 10.1. The third-order valence-corrected chi connectivity index (χ3v) is 6.73. The zero-order valence-electron chi connectivity index (χ0n) is 21.9. The van der Waals surface area contributed by atoms with Crippen molar-refractivity contribution in [3.05, 3.63) is 0 Å². The Morgan fingerprint density at radius 2 is 1.47 bits per heavy atom. The van der Waals surface area contributed by atoms with Gasteiger partial charge in [-0.25, -0.2) is 0 Å². The Hall–Kier alpha value is -1.20. The van der Waals surface area contributed by atoms with E-state index in [1.807, 2.05) is 6.26 Å². The maximum absolute atomic E-state index is 12.1. The molecule has 0 aromatic heterocycles. The maximum Gasteiger partial charge on any atom is 0.242 e. The van der Waals surface area contributed by atoms with Gasteiger partial charge in [0, 0.05) is 25.8 Å². The van der Waals surface area contributed by atoms with Crippen molar-refractivity contribution in [2.75, 3.05) is 59.0 Å². The van der Waals surface area contributed by atoms with E-state index in [-0.39, 0.29) is 48.9 Å². The van der Waals surface area contributed by atoms with Gasteiger partial charge in [0.05, 0.1) is 51.5 Å². The molecule has 13 nitrogen and oxygen atoms in total. The van der Waals surface area contributed by atoms with E-state index < -0.39 is 57.8 Å². The molecule has 0 radical (unpaired) electrons. The van der Waals surface area contributed by atoms with Crippen molar-refractivity contribution in [1.82, 2.24) is 4.90 Å². The maximum atomic E-state index is 12.1. The second-order valence-electron chi connectivity index (χ2n) is 8.76. The molecule has 0 aromatic carbocycles. The number of aliphatic hydroxyl groups is 5. The van der Waals surface area contributed by atoms with E-state index in [4.69, 9.17) is 29.2 Å². The minimum absolute atomic E-state index is 0.0616. The number of carbonyl (C=O) groups excluding carboxylic acids is 3. The molecule has 1 rings (SSSR count). The molecule has 1 aliphatic heterocycles. The number of amides is 2. The van der Waals surface area contributed by atoms with Crippen molar-refractivity contribution in [2.24, 2.45) is 0 Å². The quantitative estimate of drug-likeness (QED) is 0.0529. The van der Waals surface area contributed by atoms with E-state index >= 15 is 0 Å². The predicted molar refractivity (Wildman–Crippen MR) is 136 cm³/mol. The van der Waals surface area contributed by atoms with Gasteiger partial charge in [0.15, 0.2) is 12.6 Å². The summed E-state index contributed by atoms with van der Waals surface area (Å²) in [5, 5.41) is 46.1. The molecule has 0 saturated carbocycles. The SMILES string of the molecule is CSC1CC(=O)N(CCCCCC(=O)CCCOC(CO)OC(CO)COC(CO)OC(CO)CO)C1=O. The molecule has 1 heterocycles. The lowest BCUT2D eigenvalue weighted by Crippen LogP contribution is -2.37. The lowest BCUT2D eigenvalue weighted by molar-refractivity contribution is -0.240. The van der Waals surface area contributed by atoms with Gasteiger partial charge in [0.1, 0.15) is 18.0 Å². The fraction of sp³-hybridized carbons (Fsp3) is 0.875. The summed E-state index contributed by atoms with van der Waals surface area (Å²) >= 11 is 1.39. The van der Waals surface area contributed by atoms with Crippen LogP contribution in [-0.4, -0.2) is 137 Å².